The number of halogens is 1. The van der Waals surface area contributed by atoms with Gasteiger partial charge in [-0.3, -0.25) is 4.79 Å². The number of carbonyl (C=O) groups excluding carboxylic acids is 1. The van der Waals surface area contributed by atoms with Crippen LogP contribution in [0.15, 0.2) is 71.3 Å². The average molecular weight is 323 g/mol. The lowest BCUT2D eigenvalue weighted by molar-refractivity contribution is 0.0716. The Morgan fingerprint density at radius 3 is 2.54 bits per heavy atom. The normalized spacial score (nSPS) is 10.6. The van der Waals surface area contributed by atoms with Gasteiger partial charge >= 0.3 is 0 Å². The quantitative estimate of drug-likeness (QED) is 0.689. The van der Waals surface area contributed by atoms with Crippen molar-refractivity contribution < 1.29 is 13.6 Å². The van der Waals surface area contributed by atoms with Crippen molar-refractivity contribution in [3.05, 3.63) is 95.2 Å². The molecule has 0 unspecified atom stereocenters. The zero-order valence-corrected chi connectivity index (χ0v) is 13.4. The van der Waals surface area contributed by atoms with Crippen molar-refractivity contribution in [2.75, 3.05) is 0 Å². The molecule has 0 spiro atoms. The number of aryl methyl sites for hydroxylation is 1. The maximum Gasteiger partial charge on any atom is 0.254 e. The molecule has 3 nitrogen and oxygen atoms in total. The molecule has 0 aliphatic rings. The van der Waals surface area contributed by atoms with Gasteiger partial charge in [0.05, 0.1) is 12.8 Å². The molecular formula is C20H18FNO2. The largest absolute Gasteiger partial charge is 0.467 e. The molecule has 0 aliphatic carbocycles. The van der Waals surface area contributed by atoms with Crippen LogP contribution in [-0.2, 0) is 13.1 Å². The minimum atomic E-state index is -0.415. The third kappa shape index (κ3) is 3.71. The monoisotopic (exact) mass is 323 g/mol. The van der Waals surface area contributed by atoms with Crippen molar-refractivity contribution in [1.82, 2.24) is 4.90 Å². The van der Waals surface area contributed by atoms with Crippen LogP contribution in [0.5, 0.6) is 0 Å². The molecule has 0 atom stereocenters. The molecule has 0 saturated heterocycles. The van der Waals surface area contributed by atoms with Gasteiger partial charge in [0.25, 0.3) is 5.91 Å². The molecule has 0 radical (unpaired) electrons. The van der Waals surface area contributed by atoms with Gasteiger partial charge in [0.15, 0.2) is 0 Å². The van der Waals surface area contributed by atoms with E-state index in [9.17, 15) is 9.18 Å². The van der Waals surface area contributed by atoms with Gasteiger partial charge in [-0.1, -0.05) is 36.4 Å². The highest BCUT2D eigenvalue weighted by molar-refractivity contribution is 5.95. The van der Waals surface area contributed by atoms with Gasteiger partial charge in [-0.15, -0.1) is 0 Å². The Hall–Kier alpha value is -2.88. The smallest absolute Gasteiger partial charge is 0.254 e. The zero-order chi connectivity index (χ0) is 16.9. The zero-order valence-electron chi connectivity index (χ0n) is 13.4. The average Bonchev–Trinajstić information content (AvgIpc) is 3.10. The van der Waals surface area contributed by atoms with E-state index in [0.29, 0.717) is 24.4 Å². The van der Waals surface area contributed by atoms with Crippen molar-refractivity contribution in [3.8, 4) is 0 Å². The van der Waals surface area contributed by atoms with Crippen molar-refractivity contribution in [3.63, 3.8) is 0 Å². The van der Waals surface area contributed by atoms with Gasteiger partial charge in [-0.05, 0) is 42.3 Å². The first-order chi connectivity index (χ1) is 11.6. The lowest BCUT2D eigenvalue weighted by Gasteiger charge is -2.23. The summed E-state index contributed by atoms with van der Waals surface area (Å²) in [6.45, 7) is 2.56. The second kappa shape index (κ2) is 7.13. The number of rotatable bonds is 5. The molecule has 0 fully saturated rings. The number of hydrogen-bond donors (Lipinski definition) is 0. The van der Waals surface area contributed by atoms with E-state index in [4.69, 9.17) is 4.42 Å². The van der Waals surface area contributed by atoms with Crippen LogP contribution in [0, 0.1) is 12.7 Å². The molecule has 3 rings (SSSR count). The highest BCUT2D eigenvalue weighted by atomic mass is 19.1. The minimum Gasteiger partial charge on any atom is -0.467 e. The second-order valence-corrected chi connectivity index (χ2v) is 5.69. The van der Waals surface area contributed by atoms with Crippen LogP contribution in [0.3, 0.4) is 0 Å². The summed E-state index contributed by atoms with van der Waals surface area (Å²) in [5.74, 6) is 0.0576. The van der Waals surface area contributed by atoms with Crippen molar-refractivity contribution >= 4 is 5.91 Å². The summed E-state index contributed by atoms with van der Waals surface area (Å²) in [6.07, 6.45) is 1.58. The van der Waals surface area contributed by atoms with Crippen LogP contribution in [0.2, 0.25) is 0 Å². The molecule has 2 aromatic carbocycles. The molecule has 1 heterocycles. The number of amides is 1. The van der Waals surface area contributed by atoms with Crippen LogP contribution in [-0.4, -0.2) is 10.8 Å². The summed E-state index contributed by atoms with van der Waals surface area (Å²) in [5, 5.41) is 0. The third-order valence-corrected chi connectivity index (χ3v) is 3.86. The molecule has 0 saturated carbocycles. The van der Waals surface area contributed by atoms with Gasteiger partial charge in [-0.25, -0.2) is 4.39 Å². The molecule has 0 N–H and O–H groups in total. The van der Waals surface area contributed by atoms with Gasteiger partial charge in [0.1, 0.15) is 11.6 Å². The SMILES string of the molecule is Cc1ccc(F)cc1C(=O)N(Cc1ccccc1)Cc1ccco1. The standard InChI is InChI=1S/C20H18FNO2/c1-15-9-10-17(21)12-19(15)20(23)22(14-18-8-5-11-24-18)13-16-6-3-2-4-7-16/h2-12H,13-14H2,1H3. The summed E-state index contributed by atoms with van der Waals surface area (Å²) in [5.41, 5.74) is 2.13. The van der Waals surface area contributed by atoms with E-state index < -0.39 is 5.82 Å². The Labute approximate surface area is 140 Å². The molecule has 4 heteroatoms. The van der Waals surface area contributed by atoms with Gasteiger partial charge < -0.3 is 9.32 Å². The predicted octanol–water partition coefficient (Wildman–Crippen LogP) is 4.57. The molecule has 1 amide bonds. The van der Waals surface area contributed by atoms with Gasteiger partial charge in [-0.2, -0.15) is 0 Å². The Morgan fingerprint density at radius 2 is 1.83 bits per heavy atom. The summed E-state index contributed by atoms with van der Waals surface area (Å²) < 4.78 is 19.0. The Balaban J connectivity index is 1.90. The molecule has 122 valence electrons. The minimum absolute atomic E-state index is 0.216. The lowest BCUT2D eigenvalue weighted by Crippen LogP contribution is -2.30. The van der Waals surface area contributed by atoms with E-state index in [2.05, 4.69) is 0 Å². The molecule has 0 bridgehead atoms. The van der Waals surface area contributed by atoms with Gasteiger partial charge in [0, 0.05) is 12.1 Å². The molecule has 1 aromatic heterocycles. The number of hydrogen-bond acceptors (Lipinski definition) is 2. The van der Waals surface area contributed by atoms with E-state index in [1.54, 1.807) is 30.2 Å². The summed E-state index contributed by atoms with van der Waals surface area (Å²) in [6, 6.07) is 17.6. The van der Waals surface area contributed by atoms with Crippen LogP contribution in [0.4, 0.5) is 4.39 Å². The van der Waals surface area contributed by atoms with Crippen molar-refractivity contribution in [1.29, 1.82) is 0 Å². The fraction of sp³-hybridized carbons (Fsp3) is 0.150. The predicted molar refractivity (Wildman–Crippen MR) is 89.9 cm³/mol. The van der Waals surface area contributed by atoms with Crippen LogP contribution < -0.4 is 0 Å². The fourth-order valence-corrected chi connectivity index (χ4v) is 2.59. The summed E-state index contributed by atoms with van der Waals surface area (Å²) >= 11 is 0. The van der Waals surface area contributed by atoms with E-state index in [-0.39, 0.29) is 5.91 Å². The van der Waals surface area contributed by atoms with Crippen LogP contribution >= 0.6 is 0 Å². The number of benzene rings is 2. The molecule has 24 heavy (non-hydrogen) atoms. The molecule has 3 aromatic rings. The first-order valence-electron chi connectivity index (χ1n) is 7.75. The first-order valence-corrected chi connectivity index (χ1v) is 7.75. The third-order valence-electron chi connectivity index (χ3n) is 3.86. The number of carbonyl (C=O) groups is 1. The van der Waals surface area contributed by atoms with Crippen LogP contribution in [0.25, 0.3) is 0 Å². The summed E-state index contributed by atoms with van der Waals surface area (Å²) in [7, 11) is 0. The topological polar surface area (TPSA) is 33.5 Å². The van der Waals surface area contributed by atoms with E-state index in [1.807, 2.05) is 36.4 Å². The van der Waals surface area contributed by atoms with Crippen molar-refractivity contribution in [2.45, 2.75) is 20.0 Å². The maximum atomic E-state index is 13.6. The number of nitrogens with zero attached hydrogens (tertiary/aromatic N) is 1. The van der Waals surface area contributed by atoms with E-state index in [0.717, 1.165) is 11.1 Å². The first kappa shape index (κ1) is 16.0. The Bertz CT molecular complexity index is 813. The molecule has 0 aliphatic heterocycles. The maximum absolute atomic E-state index is 13.6. The lowest BCUT2D eigenvalue weighted by atomic mass is 10.1. The van der Waals surface area contributed by atoms with Crippen LogP contribution in [0.1, 0.15) is 27.2 Å². The Morgan fingerprint density at radius 1 is 1.04 bits per heavy atom. The second-order valence-electron chi connectivity index (χ2n) is 5.69. The van der Waals surface area contributed by atoms with Crippen molar-refractivity contribution in [2.24, 2.45) is 0 Å². The fourth-order valence-electron chi connectivity index (χ4n) is 2.59. The highest BCUT2D eigenvalue weighted by Gasteiger charge is 2.20. The van der Waals surface area contributed by atoms with E-state index >= 15 is 0 Å². The Kier molecular flexibility index (Phi) is 4.75. The van der Waals surface area contributed by atoms with Gasteiger partial charge in [0.2, 0.25) is 0 Å². The molecular weight excluding hydrogens is 305 g/mol. The number of furan rings is 1. The summed E-state index contributed by atoms with van der Waals surface area (Å²) in [4.78, 5) is 14.6. The van der Waals surface area contributed by atoms with E-state index in [1.165, 1.54) is 12.1 Å². The highest BCUT2D eigenvalue weighted by Crippen LogP contribution is 2.18.